The molecule has 3 atom stereocenters. The molecule has 0 radical (unpaired) electrons. The maximum Gasteiger partial charge on any atom is 0.434 e. The summed E-state index contributed by atoms with van der Waals surface area (Å²) in [6.07, 6.45) is -1.51. The average molecular weight is 427 g/mol. The summed E-state index contributed by atoms with van der Waals surface area (Å²) in [5.41, 5.74) is -0.973. The largest absolute Gasteiger partial charge is 0.434 e. The summed E-state index contributed by atoms with van der Waals surface area (Å²) >= 11 is 0. The van der Waals surface area contributed by atoms with Crippen molar-refractivity contribution in [3.8, 4) is 0 Å². The molecule has 4 rings (SSSR count). The van der Waals surface area contributed by atoms with Crippen LogP contribution in [-0.4, -0.2) is 62.2 Å². The molecule has 1 aromatic heterocycles. The number of hydrogen-bond acceptors (Lipinski definition) is 4. The molecule has 4 heterocycles. The van der Waals surface area contributed by atoms with Crippen molar-refractivity contribution in [3.05, 3.63) is 17.7 Å². The molecule has 0 aromatic carbocycles. The van der Waals surface area contributed by atoms with Crippen molar-refractivity contribution < 1.29 is 27.6 Å². The van der Waals surface area contributed by atoms with Crippen molar-refractivity contribution in [3.63, 3.8) is 0 Å². The molecule has 30 heavy (non-hydrogen) atoms. The van der Waals surface area contributed by atoms with Gasteiger partial charge in [0.15, 0.2) is 5.69 Å². The summed E-state index contributed by atoms with van der Waals surface area (Å²) in [5.74, 6) is -1.19. The minimum absolute atomic E-state index is 0.0308. The van der Waals surface area contributed by atoms with E-state index >= 15 is 0 Å². The minimum atomic E-state index is -4.53. The van der Waals surface area contributed by atoms with E-state index in [0.717, 1.165) is 19.0 Å². The van der Waals surface area contributed by atoms with E-state index in [4.69, 9.17) is 0 Å². The Balaban J connectivity index is 1.36. The first-order valence-corrected chi connectivity index (χ1v) is 10.2. The Morgan fingerprint density at radius 3 is 2.70 bits per heavy atom. The number of hydrogen-bond donors (Lipinski definition) is 1. The molecule has 164 valence electrons. The fraction of sp³-hybridized carbons (Fsp3) is 0.684. The van der Waals surface area contributed by atoms with Gasteiger partial charge in [-0.1, -0.05) is 0 Å². The third-order valence-corrected chi connectivity index (χ3v) is 6.21. The van der Waals surface area contributed by atoms with Crippen LogP contribution in [0.3, 0.4) is 0 Å². The average Bonchev–Trinajstić information content (AvgIpc) is 3.38. The van der Waals surface area contributed by atoms with Gasteiger partial charge in [0, 0.05) is 44.2 Å². The van der Waals surface area contributed by atoms with Crippen molar-refractivity contribution in [2.24, 2.45) is 5.92 Å². The summed E-state index contributed by atoms with van der Waals surface area (Å²) in [4.78, 5) is 44.5. The number of halogens is 3. The maximum absolute atomic E-state index is 12.8. The lowest BCUT2D eigenvalue weighted by Crippen LogP contribution is -2.45. The Labute approximate surface area is 171 Å². The zero-order chi connectivity index (χ0) is 21.6. The fourth-order valence-corrected chi connectivity index (χ4v) is 4.48. The van der Waals surface area contributed by atoms with Gasteiger partial charge in [0.05, 0.1) is 6.54 Å². The molecule has 3 amide bonds. The molecule has 1 aromatic rings. The molecule has 2 saturated heterocycles. The molecule has 0 unspecified atom stereocenters. The van der Waals surface area contributed by atoms with Gasteiger partial charge in [0.25, 0.3) is 0 Å². The van der Waals surface area contributed by atoms with Crippen LogP contribution in [0.15, 0.2) is 6.20 Å². The predicted molar refractivity (Wildman–Crippen MR) is 97.7 cm³/mol. The van der Waals surface area contributed by atoms with Crippen LogP contribution in [0.2, 0.25) is 0 Å². The SMILES string of the molecule is C[C@@H]1CCCN1C(=O)[C@@H]1C[C@@H](CC(=O)N2CCn3cc(C(F)(F)F)nc3C2)C(=O)N1. The van der Waals surface area contributed by atoms with Gasteiger partial charge in [-0.05, 0) is 26.2 Å². The standard InChI is InChI=1S/C19H24F3N5O3/c1-11-3-2-4-27(11)18(30)13-7-12(17(29)23-13)8-16(28)26-6-5-25-9-14(19(20,21)22)24-15(25)10-26/h9,11-13H,2-8,10H2,1H3,(H,23,29)/t11-,12+,13+/m1/s1. The van der Waals surface area contributed by atoms with Crippen molar-refractivity contribution >= 4 is 17.7 Å². The van der Waals surface area contributed by atoms with Crippen LogP contribution < -0.4 is 5.32 Å². The first kappa shape index (κ1) is 20.7. The molecule has 2 fully saturated rings. The van der Waals surface area contributed by atoms with E-state index in [2.05, 4.69) is 10.3 Å². The number of amides is 3. The highest BCUT2D eigenvalue weighted by Crippen LogP contribution is 2.30. The van der Waals surface area contributed by atoms with E-state index in [0.29, 0.717) is 6.54 Å². The Morgan fingerprint density at radius 2 is 2.03 bits per heavy atom. The quantitative estimate of drug-likeness (QED) is 0.784. The fourth-order valence-electron chi connectivity index (χ4n) is 4.48. The Morgan fingerprint density at radius 1 is 1.27 bits per heavy atom. The zero-order valence-corrected chi connectivity index (χ0v) is 16.6. The van der Waals surface area contributed by atoms with Crippen LogP contribution in [0.25, 0.3) is 0 Å². The summed E-state index contributed by atoms with van der Waals surface area (Å²) in [5, 5.41) is 2.70. The highest BCUT2D eigenvalue weighted by atomic mass is 19.4. The lowest BCUT2D eigenvalue weighted by Gasteiger charge is -2.28. The van der Waals surface area contributed by atoms with Gasteiger partial charge in [-0.25, -0.2) is 4.98 Å². The van der Waals surface area contributed by atoms with E-state index in [1.807, 2.05) is 6.92 Å². The number of aromatic nitrogens is 2. The Hall–Kier alpha value is -2.59. The molecular weight excluding hydrogens is 403 g/mol. The number of carbonyl (C=O) groups excluding carboxylic acids is 3. The predicted octanol–water partition coefficient (Wildman–Crippen LogP) is 1.15. The summed E-state index contributed by atoms with van der Waals surface area (Å²) < 4.78 is 40.0. The normalized spacial score (nSPS) is 26.7. The molecule has 0 saturated carbocycles. The number of imidazole rings is 1. The second-order valence-electron chi connectivity index (χ2n) is 8.27. The maximum atomic E-state index is 12.8. The van der Waals surface area contributed by atoms with Gasteiger partial charge in [0.1, 0.15) is 11.9 Å². The molecule has 11 heteroatoms. The van der Waals surface area contributed by atoms with Crippen LogP contribution in [0.1, 0.15) is 44.1 Å². The number of rotatable bonds is 3. The summed E-state index contributed by atoms with van der Waals surface area (Å²) in [6.45, 7) is 3.09. The third-order valence-electron chi connectivity index (χ3n) is 6.21. The van der Waals surface area contributed by atoms with Gasteiger partial charge in [-0.3, -0.25) is 14.4 Å². The van der Waals surface area contributed by atoms with E-state index in [9.17, 15) is 27.6 Å². The second-order valence-corrected chi connectivity index (χ2v) is 8.27. The highest BCUT2D eigenvalue weighted by Gasteiger charge is 2.41. The second kappa shape index (κ2) is 7.59. The molecule has 3 aliphatic heterocycles. The molecular formula is C19H24F3N5O3. The van der Waals surface area contributed by atoms with Crippen LogP contribution in [0.4, 0.5) is 13.2 Å². The van der Waals surface area contributed by atoms with E-state index in [1.165, 1.54) is 9.47 Å². The molecule has 0 spiro atoms. The van der Waals surface area contributed by atoms with Crippen LogP contribution in [-0.2, 0) is 33.6 Å². The van der Waals surface area contributed by atoms with E-state index in [1.54, 1.807) is 4.90 Å². The van der Waals surface area contributed by atoms with Gasteiger partial charge in [-0.15, -0.1) is 0 Å². The zero-order valence-electron chi connectivity index (χ0n) is 16.6. The first-order chi connectivity index (χ1) is 14.1. The van der Waals surface area contributed by atoms with Gasteiger partial charge < -0.3 is 19.7 Å². The molecule has 0 aliphatic carbocycles. The number of nitrogens with zero attached hydrogens (tertiary/aromatic N) is 4. The van der Waals surface area contributed by atoms with Crippen LogP contribution in [0, 0.1) is 5.92 Å². The first-order valence-electron chi connectivity index (χ1n) is 10.2. The number of nitrogens with one attached hydrogen (secondary N) is 1. The summed E-state index contributed by atoms with van der Waals surface area (Å²) in [6, 6.07) is -0.473. The van der Waals surface area contributed by atoms with E-state index < -0.39 is 23.8 Å². The van der Waals surface area contributed by atoms with Gasteiger partial charge in [0.2, 0.25) is 17.7 Å². The number of alkyl halides is 3. The Kier molecular flexibility index (Phi) is 5.23. The highest BCUT2D eigenvalue weighted by molar-refractivity contribution is 5.94. The topological polar surface area (TPSA) is 87.5 Å². The Bertz CT molecular complexity index is 868. The molecule has 3 aliphatic rings. The van der Waals surface area contributed by atoms with Crippen molar-refractivity contribution in [1.82, 2.24) is 24.7 Å². The van der Waals surface area contributed by atoms with Crippen molar-refractivity contribution in [1.29, 1.82) is 0 Å². The molecule has 8 nitrogen and oxygen atoms in total. The molecule has 0 bridgehead atoms. The third kappa shape index (κ3) is 3.89. The number of carbonyl (C=O) groups is 3. The monoisotopic (exact) mass is 427 g/mol. The minimum Gasteiger partial charge on any atom is -0.344 e. The number of likely N-dealkylation sites (tertiary alicyclic amines) is 1. The smallest absolute Gasteiger partial charge is 0.344 e. The van der Waals surface area contributed by atoms with Gasteiger partial charge in [-0.2, -0.15) is 13.2 Å². The lowest BCUT2D eigenvalue weighted by molar-refractivity contribution is -0.141. The number of fused-ring (bicyclic) bond motifs is 1. The molecule has 1 N–H and O–H groups in total. The lowest BCUT2D eigenvalue weighted by atomic mass is 9.99. The van der Waals surface area contributed by atoms with Crippen molar-refractivity contribution in [2.75, 3.05) is 13.1 Å². The van der Waals surface area contributed by atoms with Crippen molar-refractivity contribution in [2.45, 2.75) is 64.0 Å². The van der Waals surface area contributed by atoms with Gasteiger partial charge >= 0.3 is 6.18 Å². The van der Waals surface area contributed by atoms with Crippen LogP contribution in [0.5, 0.6) is 0 Å². The van der Waals surface area contributed by atoms with E-state index in [-0.39, 0.29) is 62.1 Å². The van der Waals surface area contributed by atoms with Crippen LogP contribution >= 0.6 is 0 Å². The summed E-state index contributed by atoms with van der Waals surface area (Å²) in [7, 11) is 0.